The van der Waals surface area contributed by atoms with Crippen molar-refractivity contribution in [3.8, 4) is 0 Å². The summed E-state index contributed by atoms with van der Waals surface area (Å²) in [5.41, 5.74) is 13.3. The fourth-order valence-corrected chi connectivity index (χ4v) is 3.23. The largest absolute Gasteiger partial charge is 0.365 e. The molecule has 138 valence electrons. The molecule has 0 unspecified atom stereocenters. The van der Waals surface area contributed by atoms with E-state index in [0.29, 0.717) is 0 Å². The molecule has 0 radical (unpaired) electrons. The highest BCUT2D eigenvalue weighted by Crippen LogP contribution is 2.27. The third-order valence-corrected chi connectivity index (χ3v) is 4.78. The first-order valence-corrected chi connectivity index (χ1v) is 8.81. The summed E-state index contributed by atoms with van der Waals surface area (Å²) < 4.78 is 14.5. The number of amides is 1. The molecule has 1 saturated carbocycles. The van der Waals surface area contributed by atoms with E-state index in [1.165, 1.54) is 0 Å². The van der Waals surface area contributed by atoms with Crippen molar-refractivity contribution in [2.45, 2.75) is 44.7 Å². The van der Waals surface area contributed by atoms with E-state index < -0.39 is 11.7 Å². The van der Waals surface area contributed by atoms with Gasteiger partial charge >= 0.3 is 0 Å². The van der Waals surface area contributed by atoms with E-state index in [-0.39, 0.29) is 29.3 Å². The van der Waals surface area contributed by atoms with Crippen molar-refractivity contribution in [3.63, 3.8) is 0 Å². The van der Waals surface area contributed by atoms with Crippen LogP contribution in [-0.2, 0) is 0 Å². The Kier molecular flexibility index (Phi) is 5.37. The zero-order valence-electron chi connectivity index (χ0n) is 14.8. The van der Waals surface area contributed by atoms with E-state index >= 15 is 0 Å². The number of pyridine rings is 1. The van der Waals surface area contributed by atoms with Crippen LogP contribution in [-0.4, -0.2) is 23.0 Å². The van der Waals surface area contributed by atoms with Gasteiger partial charge in [-0.1, -0.05) is 31.0 Å². The molecular formula is C19H24FN5O. The van der Waals surface area contributed by atoms with Crippen molar-refractivity contribution in [3.05, 3.63) is 47.3 Å². The molecule has 0 spiro atoms. The monoisotopic (exact) mass is 357 g/mol. The summed E-state index contributed by atoms with van der Waals surface area (Å²) in [6.07, 6.45) is 3.88. The molecule has 1 aromatic heterocycles. The summed E-state index contributed by atoms with van der Waals surface area (Å²) in [6, 6.07) is 8.58. The lowest BCUT2D eigenvalue weighted by Gasteiger charge is -2.30. The van der Waals surface area contributed by atoms with Crippen molar-refractivity contribution in [1.29, 1.82) is 0 Å². The van der Waals surface area contributed by atoms with Gasteiger partial charge in [-0.15, -0.1) is 0 Å². The second-order valence-corrected chi connectivity index (χ2v) is 6.72. The van der Waals surface area contributed by atoms with Gasteiger partial charge in [0.2, 0.25) is 0 Å². The Morgan fingerprint density at radius 1 is 1.23 bits per heavy atom. The Morgan fingerprint density at radius 2 is 1.96 bits per heavy atom. The number of aryl methyl sites for hydroxylation is 1. The van der Waals surface area contributed by atoms with Crippen LogP contribution in [0.3, 0.4) is 0 Å². The van der Waals surface area contributed by atoms with Gasteiger partial charge in [0, 0.05) is 17.8 Å². The van der Waals surface area contributed by atoms with Gasteiger partial charge in [-0.2, -0.15) is 0 Å². The molecule has 3 rings (SSSR count). The zero-order chi connectivity index (χ0) is 18.7. The number of rotatable bonds is 5. The normalized spacial score (nSPS) is 19.8. The number of benzene rings is 1. The first-order valence-electron chi connectivity index (χ1n) is 8.81. The molecule has 26 heavy (non-hydrogen) atoms. The second kappa shape index (κ2) is 7.70. The molecular weight excluding hydrogens is 333 g/mol. The van der Waals surface area contributed by atoms with Crippen LogP contribution in [0.25, 0.3) is 0 Å². The summed E-state index contributed by atoms with van der Waals surface area (Å²) in [5, 5.41) is 6.19. The Morgan fingerprint density at radius 3 is 2.65 bits per heavy atom. The highest BCUT2D eigenvalue weighted by atomic mass is 19.1. The highest BCUT2D eigenvalue weighted by Gasteiger charge is 2.24. The van der Waals surface area contributed by atoms with E-state index in [4.69, 9.17) is 11.5 Å². The third-order valence-electron chi connectivity index (χ3n) is 4.78. The number of aromatic nitrogens is 1. The van der Waals surface area contributed by atoms with Crippen molar-refractivity contribution in [2.24, 2.45) is 11.5 Å². The van der Waals surface area contributed by atoms with Gasteiger partial charge in [0.1, 0.15) is 5.82 Å². The van der Waals surface area contributed by atoms with Gasteiger partial charge in [0.05, 0.1) is 5.56 Å². The third kappa shape index (κ3) is 3.94. The number of primary amides is 1. The average molecular weight is 357 g/mol. The molecule has 6 nitrogen and oxygen atoms in total. The molecule has 0 bridgehead atoms. The fraction of sp³-hybridized carbons (Fsp3) is 0.368. The minimum atomic E-state index is -0.742. The Balaban J connectivity index is 1.93. The predicted molar refractivity (Wildman–Crippen MR) is 101 cm³/mol. The van der Waals surface area contributed by atoms with E-state index in [2.05, 4.69) is 15.6 Å². The average Bonchev–Trinajstić information content (AvgIpc) is 2.61. The summed E-state index contributed by atoms with van der Waals surface area (Å²) in [5.74, 6) is -1.06. The minimum Gasteiger partial charge on any atom is -0.365 e. The topological polar surface area (TPSA) is 106 Å². The SMILES string of the molecule is Cc1ccccc1Nc1nc(N[C@@H]2CCCC[C@@H]2N)c(F)cc1C(N)=O. The predicted octanol–water partition coefficient (Wildman–Crippen LogP) is 3.05. The Labute approximate surface area is 152 Å². The lowest BCUT2D eigenvalue weighted by molar-refractivity contribution is 0.100. The zero-order valence-corrected chi connectivity index (χ0v) is 14.8. The smallest absolute Gasteiger partial charge is 0.252 e. The van der Waals surface area contributed by atoms with Gasteiger partial charge in [0.25, 0.3) is 5.91 Å². The van der Waals surface area contributed by atoms with Crippen LogP contribution in [0.5, 0.6) is 0 Å². The maximum atomic E-state index is 14.5. The van der Waals surface area contributed by atoms with E-state index in [0.717, 1.165) is 43.0 Å². The number of nitrogens with one attached hydrogen (secondary N) is 2. The molecule has 1 aliphatic carbocycles. The van der Waals surface area contributed by atoms with Crippen LogP contribution in [0.2, 0.25) is 0 Å². The summed E-state index contributed by atoms with van der Waals surface area (Å²) in [7, 11) is 0. The summed E-state index contributed by atoms with van der Waals surface area (Å²) in [6.45, 7) is 1.93. The lowest BCUT2D eigenvalue weighted by Crippen LogP contribution is -2.43. The van der Waals surface area contributed by atoms with Gasteiger partial charge in [-0.25, -0.2) is 9.37 Å². The van der Waals surface area contributed by atoms with Crippen LogP contribution in [0, 0.1) is 12.7 Å². The van der Waals surface area contributed by atoms with Gasteiger partial charge in [-0.05, 0) is 37.5 Å². The fourth-order valence-electron chi connectivity index (χ4n) is 3.23. The molecule has 7 heteroatoms. The van der Waals surface area contributed by atoms with Crippen molar-refractivity contribution in [1.82, 2.24) is 4.98 Å². The number of anilines is 3. The molecule has 1 fully saturated rings. The quantitative estimate of drug-likeness (QED) is 0.658. The van der Waals surface area contributed by atoms with Crippen LogP contribution >= 0.6 is 0 Å². The highest BCUT2D eigenvalue weighted by molar-refractivity contribution is 5.98. The maximum Gasteiger partial charge on any atom is 0.252 e. The van der Waals surface area contributed by atoms with Gasteiger partial charge in [0.15, 0.2) is 11.6 Å². The first kappa shape index (κ1) is 18.1. The molecule has 1 amide bonds. The number of carbonyl (C=O) groups is 1. The standard InChI is InChI=1S/C19H24FN5O/c1-11-6-2-4-8-15(11)23-18-12(17(22)26)10-13(20)19(25-18)24-16-9-5-3-7-14(16)21/h2,4,6,8,10,14,16H,3,5,7,9,21H2,1H3,(H2,22,26)(H2,23,24,25)/t14-,16+/m0/s1. The van der Waals surface area contributed by atoms with Crippen molar-refractivity contribution < 1.29 is 9.18 Å². The number of halogens is 1. The number of para-hydroxylation sites is 1. The molecule has 1 heterocycles. The molecule has 1 aliphatic rings. The van der Waals surface area contributed by atoms with Crippen LogP contribution < -0.4 is 22.1 Å². The van der Waals surface area contributed by atoms with Crippen LogP contribution in [0.1, 0.15) is 41.6 Å². The molecule has 2 atom stereocenters. The molecule has 2 aromatic rings. The van der Waals surface area contributed by atoms with Gasteiger partial charge < -0.3 is 22.1 Å². The number of carbonyl (C=O) groups excluding carboxylic acids is 1. The molecule has 0 saturated heterocycles. The van der Waals surface area contributed by atoms with E-state index in [1.54, 1.807) is 0 Å². The number of hydrogen-bond donors (Lipinski definition) is 4. The van der Waals surface area contributed by atoms with Crippen molar-refractivity contribution >= 4 is 23.2 Å². The number of nitrogens with zero attached hydrogens (tertiary/aromatic N) is 1. The van der Waals surface area contributed by atoms with Crippen LogP contribution in [0.15, 0.2) is 30.3 Å². The molecule has 6 N–H and O–H groups in total. The van der Waals surface area contributed by atoms with E-state index in [1.807, 2.05) is 31.2 Å². The summed E-state index contributed by atoms with van der Waals surface area (Å²) >= 11 is 0. The summed E-state index contributed by atoms with van der Waals surface area (Å²) in [4.78, 5) is 16.0. The minimum absolute atomic E-state index is 0.00393. The number of nitrogens with two attached hydrogens (primary N) is 2. The molecule has 1 aromatic carbocycles. The Hall–Kier alpha value is -2.67. The van der Waals surface area contributed by atoms with Crippen molar-refractivity contribution in [2.75, 3.05) is 10.6 Å². The molecule has 0 aliphatic heterocycles. The number of hydrogen-bond acceptors (Lipinski definition) is 5. The van der Waals surface area contributed by atoms with E-state index in [9.17, 15) is 9.18 Å². The first-order chi connectivity index (χ1) is 12.5. The Bertz CT molecular complexity index is 811. The van der Waals surface area contributed by atoms with Gasteiger partial charge in [-0.3, -0.25) is 4.79 Å². The lowest BCUT2D eigenvalue weighted by atomic mass is 9.91. The van der Waals surface area contributed by atoms with Crippen LogP contribution in [0.4, 0.5) is 21.7 Å². The second-order valence-electron chi connectivity index (χ2n) is 6.72. The maximum absolute atomic E-state index is 14.5.